The number of halogens is 1. The van der Waals surface area contributed by atoms with Crippen molar-refractivity contribution in [1.29, 1.82) is 0 Å². The summed E-state index contributed by atoms with van der Waals surface area (Å²) >= 11 is 2.33. The molecule has 8 aromatic rings. The normalized spacial score (nSPS) is 10.9. The summed E-state index contributed by atoms with van der Waals surface area (Å²) in [7, 11) is 3.89. The van der Waals surface area contributed by atoms with Gasteiger partial charge in [0.25, 0.3) is 11.4 Å². The Morgan fingerprint density at radius 2 is 1.02 bits per heavy atom. The molecule has 11 heteroatoms. The molecular weight excluding hydrogens is 863 g/mol. The smallest absolute Gasteiger partial charge is 0.267 e. The molecule has 0 unspecified atom stereocenters. The van der Waals surface area contributed by atoms with Crippen LogP contribution >= 0.6 is 22.6 Å². The van der Waals surface area contributed by atoms with E-state index in [1.807, 2.05) is 115 Å². The number of nitro groups is 2. The van der Waals surface area contributed by atoms with E-state index in [0.29, 0.717) is 0 Å². The first-order valence-electron chi connectivity index (χ1n) is 18.8. The SMILES string of the molecule is C=C(C)c1cccc([N+](=O)[O-])c1.C=C(c1cccc([N+](=O)[O-])c1)c1ccc2c(/C=C/c3ccccc3)nn(C)c2c1.Cn1nc(/C=C/c2ccccc2)c2ccc(I)cc21. The first-order valence-corrected chi connectivity index (χ1v) is 19.9. The number of non-ortho nitro benzene ring substituents is 2. The highest BCUT2D eigenvalue weighted by molar-refractivity contribution is 14.1. The fourth-order valence-corrected chi connectivity index (χ4v) is 6.79. The lowest BCUT2D eigenvalue weighted by Gasteiger charge is -2.07. The maximum absolute atomic E-state index is 11.1. The van der Waals surface area contributed by atoms with Gasteiger partial charge in [0.15, 0.2) is 0 Å². The Hall–Kier alpha value is -7.25. The van der Waals surface area contributed by atoms with Crippen molar-refractivity contribution in [3.8, 4) is 0 Å². The molecule has 8 rings (SSSR count). The zero-order valence-electron chi connectivity index (χ0n) is 33.3. The summed E-state index contributed by atoms with van der Waals surface area (Å²) in [5.41, 5.74) is 10.5. The van der Waals surface area contributed by atoms with Gasteiger partial charge in [0, 0.05) is 52.7 Å². The van der Waals surface area contributed by atoms with Crippen LogP contribution in [-0.2, 0) is 14.1 Å². The first kappa shape index (κ1) is 42.4. The quantitative estimate of drug-likeness (QED) is 0.0807. The molecule has 0 radical (unpaired) electrons. The van der Waals surface area contributed by atoms with E-state index in [-0.39, 0.29) is 11.4 Å². The third-order valence-electron chi connectivity index (χ3n) is 9.49. The number of aryl methyl sites for hydroxylation is 2. The second-order valence-corrected chi connectivity index (χ2v) is 15.0. The van der Waals surface area contributed by atoms with Gasteiger partial charge in [0.1, 0.15) is 0 Å². The summed E-state index contributed by atoms with van der Waals surface area (Å²) in [4.78, 5) is 20.6. The van der Waals surface area contributed by atoms with E-state index in [9.17, 15) is 20.2 Å². The molecule has 60 heavy (non-hydrogen) atoms. The van der Waals surface area contributed by atoms with Crippen molar-refractivity contribution < 1.29 is 9.85 Å². The Labute approximate surface area is 361 Å². The van der Waals surface area contributed by atoms with Crippen molar-refractivity contribution in [3.05, 3.63) is 222 Å². The third-order valence-corrected chi connectivity index (χ3v) is 10.2. The van der Waals surface area contributed by atoms with Crippen LogP contribution in [0.3, 0.4) is 0 Å². The van der Waals surface area contributed by atoms with Gasteiger partial charge in [-0.3, -0.25) is 29.6 Å². The van der Waals surface area contributed by atoms with Crippen molar-refractivity contribution >= 4 is 91.2 Å². The Kier molecular flexibility index (Phi) is 13.7. The third kappa shape index (κ3) is 10.6. The molecule has 0 saturated heterocycles. The van der Waals surface area contributed by atoms with Gasteiger partial charge in [0.05, 0.1) is 32.3 Å². The molecule has 2 aromatic heterocycles. The minimum atomic E-state index is -0.410. The van der Waals surface area contributed by atoms with Crippen molar-refractivity contribution in [2.24, 2.45) is 14.1 Å². The van der Waals surface area contributed by atoms with Crippen LogP contribution in [0.4, 0.5) is 11.4 Å². The van der Waals surface area contributed by atoms with Crippen LogP contribution in [0.1, 0.15) is 46.1 Å². The molecule has 0 bridgehead atoms. The number of benzene rings is 6. The van der Waals surface area contributed by atoms with Gasteiger partial charge in [-0.15, -0.1) is 0 Å². The summed E-state index contributed by atoms with van der Waals surface area (Å²) in [6.07, 6.45) is 8.22. The monoisotopic (exact) mass is 904 g/mol. The van der Waals surface area contributed by atoms with Gasteiger partial charge >= 0.3 is 0 Å². The van der Waals surface area contributed by atoms with E-state index in [1.54, 1.807) is 24.3 Å². The Morgan fingerprint density at radius 1 is 0.567 bits per heavy atom. The number of fused-ring (bicyclic) bond motifs is 2. The molecule has 6 aromatic carbocycles. The molecule has 0 aliphatic carbocycles. The molecule has 0 aliphatic rings. The number of aromatic nitrogens is 4. The summed E-state index contributed by atoms with van der Waals surface area (Å²) in [5, 5.41) is 32.8. The average Bonchev–Trinajstić information content (AvgIpc) is 3.76. The predicted octanol–water partition coefficient (Wildman–Crippen LogP) is 12.7. The molecule has 2 heterocycles. The number of nitro benzene ring substituents is 2. The van der Waals surface area contributed by atoms with E-state index < -0.39 is 9.85 Å². The highest BCUT2D eigenvalue weighted by Crippen LogP contribution is 2.29. The maximum atomic E-state index is 11.1. The molecular formula is C49H41IN6O4. The van der Waals surface area contributed by atoms with Crippen LogP contribution < -0.4 is 0 Å². The predicted molar refractivity (Wildman–Crippen MR) is 254 cm³/mol. The number of hydrogen-bond acceptors (Lipinski definition) is 6. The highest BCUT2D eigenvalue weighted by atomic mass is 127. The van der Waals surface area contributed by atoms with Gasteiger partial charge < -0.3 is 0 Å². The van der Waals surface area contributed by atoms with E-state index in [4.69, 9.17) is 0 Å². The van der Waals surface area contributed by atoms with Crippen molar-refractivity contribution in [1.82, 2.24) is 19.6 Å². The second kappa shape index (κ2) is 19.5. The molecule has 0 fully saturated rings. The maximum Gasteiger partial charge on any atom is 0.270 e. The number of nitrogens with zero attached hydrogens (tertiary/aromatic N) is 6. The van der Waals surface area contributed by atoms with Crippen LogP contribution in [0.5, 0.6) is 0 Å². The van der Waals surface area contributed by atoms with E-state index >= 15 is 0 Å². The van der Waals surface area contributed by atoms with Crippen molar-refractivity contribution in [3.63, 3.8) is 0 Å². The fraction of sp³-hybridized carbons (Fsp3) is 0.0612. The zero-order chi connectivity index (χ0) is 42.8. The van der Waals surface area contributed by atoms with Crippen LogP contribution in [-0.4, -0.2) is 29.4 Å². The van der Waals surface area contributed by atoms with E-state index in [0.717, 1.165) is 55.7 Å². The van der Waals surface area contributed by atoms with Crippen molar-refractivity contribution in [2.45, 2.75) is 6.92 Å². The van der Waals surface area contributed by atoms with Crippen LogP contribution in [0.2, 0.25) is 0 Å². The average molecular weight is 905 g/mol. The minimum Gasteiger partial charge on any atom is -0.267 e. The lowest BCUT2D eigenvalue weighted by Crippen LogP contribution is -1.93. The van der Waals surface area contributed by atoms with Gasteiger partial charge in [0.2, 0.25) is 0 Å². The summed E-state index contributed by atoms with van der Waals surface area (Å²) in [6, 6.07) is 45.7. The van der Waals surface area contributed by atoms with Gasteiger partial charge in [-0.25, -0.2) is 0 Å². The Morgan fingerprint density at radius 3 is 1.52 bits per heavy atom. The molecule has 298 valence electrons. The second-order valence-electron chi connectivity index (χ2n) is 13.8. The number of rotatable bonds is 9. The minimum absolute atomic E-state index is 0.0543. The Bertz CT molecular complexity index is 2880. The first-order chi connectivity index (χ1) is 28.9. The molecule has 0 atom stereocenters. The summed E-state index contributed by atoms with van der Waals surface area (Å²) < 4.78 is 5.00. The van der Waals surface area contributed by atoms with Gasteiger partial charge in [-0.2, -0.15) is 10.2 Å². The topological polar surface area (TPSA) is 122 Å². The fourth-order valence-electron chi connectivity index (χ4n) is 6.32. The number of allylic oxidation sites excluding steroid dienone is 1. The standard InChI is InChI=1S/C24H19N3O2.C16H13IN2.C9H9NO2/c1-17(19-9-6-10-21(15-19)27(28)29)20-12-13-22-23(25-26(2)24(22)16-20)14-11-18-7-4-3-5-8-18;1-19-16-11-13(17)8-9-14(16)15(18-19)10-7-12-5-3-2-4-6-12;1-7(2)8-4-3-5-9(6-8)10(11)12/h3-16H,1H2,2H3;2-11H,1H3;3-6H,1H2,2H3/b14-11+;10-7+;. The lowest BCUT2D eigenvalue weighted by molar-refractivity contribution is -0.385. The number of hydrogen-bond donors (Lipinski definition) is 0. The van der Waals surface area contributed by atoms with Gasteiger partial charge in [-0.1, -0.05) is 122 Å². The molecule has 10 nitrogen and oxygen atoms in total. The molecule has 0 N–H and O–H groups in total. The van der Waals surface area contributed by atoms with Crippen molar-refractivity contribution in [2.75, 3.05) is 0 Å². The highest BCUT2D eigenvalue weighted by Gasteiger charge is 2.13. The van der Waals surface area contributed by atoms with Crippen LogP contribution in [0.15, 0.2) is 159 Å². The molecule has 0 saturated carbocycles. The zero-order valence-corrected chi connectivity index (χ0v) is 35.4. The van der Waals surface area contributed by atoms with E-state index in [1.165, 1.54) is 38.2 Å². The molecule has 0 aliphatic heterocycles. The Balaban J connectivity index is 0.000000167. The van der Waals surface area contributed by atoms with Crippen LogP contribution in [0, 0.1) is 23.8 Å². The summed E-state index contributed by atoms with van der Waals surface area (Å²) in [5.74, 6) is 0. The molecule has 0 spiro atoms. The molecule has 0 amide bonds. The summed E-state index contributed by atoms with van der Waals surface area (Å²) in [6.45, 7) is 9.67. The van der Waals surface area contributed by atoms with Crippen LogP contribution in [0.25, 0.3) is 57.3 Å². The largest absolute Gasteiger partial charge is 0.270 e. The van der Waals surface area contributed by atoms with E-state index in [2.05, 4.69) is 88.4 Å². The van der Waals surface area contributed by atoms with Gasteiger partial charge in [-0.05, 0) is 105 Å². The lowest BCUT2D eigenvalue weighted by atomic mass is 9.98.